The van der Waals surface area contributed by atoms with Gasteiger partial charge in [-0.2, -0.15) is 5.10 Å². The molecule has 0 radical (unpaired) electrons. The number of ether oxygens (including phenoxy) is 2. The Bertz CT molecular complexity index is 639. The zero-order valence-corrected chi connectivity index (χ0v) is 13.9. The molecule has 2 heterocycles. The van der Waals surface area contributed by atoms with E-state index in [-0.39, 0.29) is 0 Å². The van der Waals surface area contributed by atoms with Gasteiger partial charge in [-0.3, -0.25) is 4.68 Å². The minimum absolute atomic E-state index is 0.293. The lowest BCUT2D eigenvalue weighted by molar-refractivity contribution is 0.297. The summed E-state index contributed by atoms with van der Waals surface area (Å²) in [4.78, 5) is 0. The molecule has 5 nitrogen and oxygen atoms in total. The number of nitrogens with one attached hydrogen (secondary N) is 1. The second kappa shape index (κ2) is 7.51. The molecule has 124 valence electrons. The van der Waals surface area contributed by atoms with E-state index in [9.17, 15) is 0 Å². The summed E-state index contributed by atoms with van der Waals surface area (Å²) in [6.45, 7) is 4.62. The predicted molar refractivity (Wildman–Crippen MR) is 90.0 cm³/mol. The van der Waals surface area contributed by atoms with E-state index in [1.54, 1.807) is 0 Å². The number of hydrogen-bond donors (Lipinski definition) is 1. The van der Waals surface area contributed by atoms with Crippen molar-refractivity contribution in [3.05, 3.63) is 41.7 Å². The molecule has 0 amide bonds. The highest BCUT2D eigenvalue weighted by atomic mass is 16.5. The molecule has 5 heteroatoms. The zero-order valence-electron chi connectivity index (χ0n) is 13.9. The molecule has 0 saturated heterocycles. The van der Waals surface area contributed by atoms with Crippen molar-refractivity contribution in [2.24, 2.45) is 7.05 Å². The normalized spacial score (nSPS) is 15.2. The number of fused-ring (bicyclic) bond motifs is 1. The van der Waals surface area contributed by atoms with Gasteiger partial charge in [0.25, 0.3) is 0 Å². The summed E-state index contributed by atoms with van der Waals surface area (Å²) in [5.41, 5.74) is 2.52. The van der Waals surface area contributed by atoms with E-state index in [4.69, 9.17) is 9.47 Å². The fourth-order valence-electron chi connectivity index (χ4n) is 2.78. The second-order valence-electron chi connectivity index (χ2n) is 6.06. The average Bonchev–Trinajstić information content (AvgIpc) is 2.83. The Kier molecular flexibility index (Phi) is 5.18. The highest BCUT2D eigenvalue weighted by Crippen LogP contribution is 2.32. The highest BCUT2D eigenvalue weighted by molar-refractivity contribution is 5.44. The lowest BCUT2D eigenvalue weighted by Gasteiger charge is -2.16. The Hall–Kier alpha value is -2.01. The van der Waals surface area contributed by atoms with E-state index in [2.05, 4.69) is 35.7 Å². The maximum atomic E-state index is 5.76. The van der Waals surface area contributed by atoms with Crippen LogP contribution in [0.3, 0.4) is 0 Å². The van der Waals surface area contributed by atoms with Crippen LogP contribution in [-0.2, 0) is 13.5 Å². The van der Waals surface area contributed by atoms with E-state index in [1.807, 2.05) is 24.0 Å². The molecule has 1 aliphatic heterocycles. The van der Waals surface area contributed by atoms with E-state index in [0.717, 1.165) is 50.5 Å². The number of rotatable bonds is 6. The maximum Gasteiger partial charge on any atom is 0.161 e. The van der Waals surface area contributed by atoms with Gasteiger partial charge in [-0.1, -0.05) is 6.07 Å². The number of benzene rings is 1. The second-order valence-corrected chi connectivity index (χ2v) is 6.06. The molecule has 23 heavy (non-hydrogen) atoms. The summed E-state index contributed by atoms with van der Waals surface area (Å²) in [6, 6.07) is 6.52. The molecule has 0 fully saturated rings. The van der Waals surface area contributed by atoms with Crippen molar-refractivity contribution >= 4 is 0 Å². The Morgan fingerprint density at radius 1 is 1.26 bits per heavy atom. The van der Waals surface area contributed by atoms with Gasteiger partial charge in [0.15, 0.2) is 11.5 Å². The molecule has 0 spiro atoms. The van der Waals surface area contributed by atoms with Gasteiger partial charge in [-0.25, -0.2) is 0 Å². The fourth-order valence-corrected chi connectivity index (χ4v) is 2.78. The third-order valence-corrected chi connectivity index (χ3v) is 4.12. The monoisotopic (exact) mass is 315 g/mol. The summed E-state index contributed by atoms with van der Waals surface area (Å²) in [6.07, 6.45) is 7.10. The molecule has 0 bridgehead atoms. The van der Waals surface area contributed by atoms with E-state index >= 15 is 0 Å². The van der Waals surface area contributed by atoms with Crippen molar-refractivity contribution in [1.29, 1.82) is 0 Å². The van der Waals surface area contributed by atoms with Crippen molar-refractivity contribution in [1.82, 2.24) is 15.1 Å². The van der Waals surface area contributed by atoms with Crippen LogP contribution in [0, 0.1) is 0 Å². The highest BCUT2D eigenvalue weighted by Gasteiger charge is 2.13. The van der Waals surface area contributed by atoms with Gasteiger partial charge in [-0.15, -0.1) is 0 Å². The predicted octanol–water partition coefficient (Wildman–Crippen LogP) is 2.86. The first-order chi connectivity index (χ1) is 11.2. The quantitative estimate of drug-likeness (QED) is 0.833. The summed E-state index contributed by atoms with van der Waals surface area (Å²) in [5.74, 6) is 1.72. The lowest BCUT2D eigenvalue weighted by atomic mass is 10.1. The summed E-state index contributed by atoms with van der Waals surface area (Å²) < 4.78 is 13.3. The van der Waals surface area contributed by atoms with Crippen LogP contribution in [0.4, 0.5) is 0 Å². The molecular formula is C18H25N3O2. The van der Waals surface area contributed by atoms with Gasteiger partial charge in [0.1, 0.15) is 0 Å². The number of aryl methyl sites for hydroxylation is 2. The van der Waals surface area contributed by atoms with Gasteiger partial charge < -0.3 is 14.8 Å². The molecule has 1 aromatic carbocycles. The van der Waals surface area contributed by atoms with Gasteiger partial charge in [0.2, 0.25) is 0 Å². The van der Waals surface area contributed by atoms with Crippen molar-refractivity contribution in [2.45, 2.75) is 32.2 Å². The van der Waals surface area contributed by atoms with Crippen LogP contribution in [0.25, 0.3) is 0 Å². The van der Waals surface area contributed by atoms with Crippen LogP contribution in [-0.4, -0.2) is 29.5 Å². The van der Waals surface area contributed by atoms with Crippen LogP contribution in [0.2, 0.25) is 0 Å². The van der Waals surface area contributed by atoms with Crippen molar-refractivity contribution in [2.75, 3.05) is 19.8 Å². The molecule has 1 N–H and O–H groups in total. The Morgan fingerprint density at radius 2 is 2.09 bits per heavy atom. The number of hydrogen-bond acceptors (Lipinski definition) is 4. The molecule has 3 rings (SSSR count). The number of nitrogens with zero attached hydrogens (tertiary/aromatic N) is 2. The minimum atomic E-state index is 0.293. The van der Waals surface area contributed by atoms with Crippen LogP contribution >= 0.6 is 0 Å². The fraction of sp³-hybridized carbons (Fsp3) is 0.500. The molecule has 1 aromatic heterocycles. The zero-order chi connectivity index (χ0) is 16.1. The van der Waals surface area contributed by atoms with Crippen molar-refractivity contribution in [3.8, 4) is 11.5 Å². The Balaban J connectivity index is 1.50. The van der Waals surface area contributed by atoms with Crippen LogP contribution < -0.4 is 14.8 Å². The first-order valence-electron chi connectivity index (χ1n) is 8.33. The molecule has 0 saturated carbocycles. The minimum Gasteiger partial charge on any atom is -0.490 e. The van der Waals surface area contributed by atoms with E-state index in [0.29, 0.717) is 6.04 Å². The topological polar surface area (TPSA) is 48.3 Å². The number of aromatic nitrogens is 2. The standard InChI is InChI=1S/C18H25N3O2/c1-14(19-8-3-5-15-12-20-21(2)13-15)16-6-7-17-18(11-16)23-10-4-9-22-17/h6-7,11-14,19H,3-5,8-10H2,1-2H3/t14-/m0/s1. The Morgan fingerprint density at radius 3 is 2.87 bits per heavy atom. The molecule has 0 unspecified atom stereocenters. The maximum absolute atomic E-state index is 5.76. The molecule has 2 aromatic rings. The molecule has 0 aliphatic carbocycles. The average molecular weight is 315 g/mol. The summed E-state index contributed by atoms with van der Waals surface area (Å²) in [5, 5.41) is 7.77. The Labute approximate surface area is 137 Å². The smallest absolute Gasteiger partial charge is 0.161 e. The lowest BCUT2D eigenvalue weighted by Crippen LogP contribution is -2.20. The molecule has 1 atom stereocenters. The van der Waals surface area contributed by atoms with E-state index < -0.39 is 0 Å². The van der Waals surface area contributed by atoms with E-state index in [1.165, 1.54) is 11.1 Å². The van der Waals surface area contributed by atoms with Gasteiger partial charge >= 0.3 is 0 Å². The van der Waals surface area contributed by atoms with Gasteiger partial charge in [-0.05, 0) is 49.6 Å². The first-order valence-corrected chi connectivity index (χ1v) is 8.33. The van der Waals surface area contributed by atoms with Crippen LogP contribution in [0.5, 0.6) is 11.5 Å². The summed E-state index contributed by atoms with van der Waals surface area (Å²) >= 11 is 0. The summed E-state index contributed by atoms with van der Waals surface area (Å²) in [7, 11) is 1.95. The van der Waals surface area contributed by atoms with Gasteiger partial charge in [0, 0.05) is 25.7 Å². The van der Waals surface area contributed by atoms with Crippen molar-refractivity contribution < 1.29 is 9.47 Å². The SMILES string of the molecule is C[C@H](NCCCc1cnn(C)c1)c1ccc2c(c1)OCCCO2. The van der Waals surface area contributed by atoms with Crippen LogP contribution in [0.1, 0.15) is 36.9 Å². The van der Waals surface area contributed by atoms with Gasteiger partial charge in [0.05, 0.1) is 19.4 Å². The first kappa shape index (κ1) is 15.9. The third-order valence-electron chi connectivity index (χ3n) is 4.12. The van der Waals surface area contributed by atoms with Crippen LogP contribution in [0.15, 0.2) is 30.6 Å². The molecule has 1 aliphatic rings. The molecular weight excluding hydrogens is 290 g/mol. The third kappa shape index (κ3) is 4.26. The van der Waals surface area contributed by atoms with Crippen molar-refractivity contribution in [3.63, 3.8) is 0 Å². The largest absolute Gasteiger partial charge is 0.490 e.